The molecule has 0 aliphatic carbocycles. The third-order valence-electron chi connectivity index (χ3n) is 5.55. The molecule has 0 spiro atoms. The Hall–Kier alpha value is -4.49. The van der Waals surface area contributed by atoms with Crippen molar-refractivity contribution in [2.75, 3.05) is 13.2 Å². The quantitative estimate of drug-likeness (QED) is 0.205. The number of hydrogen-bond donors (Lipinski definition) is 1. The zero-order valence-electron chi connectivity index (χ0n) is 21.2. The maximum atomic E-state index is 13.1. The highest BCUT2D eigenvalue weighted by Gasteiger charge is 2.28. The molecule has 0 saturated carbocycles. The molecule has 1 aromatic carbocycles. The van der Waals surface area contributed by atoms with Crippen molar-refractivity contribution < 1.29 is 38.2 Å². The minimum absolute atomic E-state index is 0.110. The minimum atomic E-state index is -1.04. The van der Waals surface area contributed by atoms with E-state index >= 15 is 0 Å². The van der Waals surface area contributed by atoms with Gasteiger partial charge in [-0.05, 0) is 63.1 Å². The summed E-state index contributed by atoms with van der Waals surface area (Å²) < 4.78 is 16.0. The van der Waals surface area contributed by atoms with Gasteiger partial charge in [-0.2, -0.15) is 5.26 Å². The molecule has 196 valence electrons. The molecule has 10 heteroatoms. The number of benzene rings is 1. The van der Waals surface area contributed by atoms with E-state index in [0.29, 0.717) is 27.3 Å². The number of aryl methyl sites for hydroxylation is 1. The van der Waals surface area contributed by atoms with Crippen molar-refractivity contribution in [2.45, 2.75) is 34.1 Å². The van der Waals surface area contributed by atoms with Crippen LogP contribution in [-0.2, 0) is 20.7 Å². The first-order valence-electron chi connectivity index (χ1n) is 11.7. The van der Waals surface area contributed by atoms with E-state index in [1.807, 2.05) is 6.07 Å². The average molecular weight is 536 g/mol. The van der Waals surface area contributed by atoms with Gasteiger partial charge in [-0.1, -0.05) is 6.07 Å². The molecule has 0 aliphatic rings. The molecule has 2 heterocycles. The predicted molar refractivity (Wildman–Crippen MR) is 139 cm³/mol. The lowest BCUT2D eigenvalue weighted by molar-refractivity contribution is -0.114. The van der Waals surface area contributed by atoms with Gasteiger partial charge < -0.3 is 19.0 Å². The van der Waals surface area contributed by atoms with Crippen molar-refractivity contribution in [3.05, 3.63) is 73.7 Å². The third-order valence-corrected chi connectivity index (χ3v) is 6.83. The Kier molecular flexibility index (Phi) is 8.99. The second-order valence-corrected chi connectivity index (χ2v) is 9.21. The second-order valence-electron chi connectivity index (χ2n) is 8.10. The number of nitriles is 1. The molecule has 0 radical (unpaired) electrons. The number of thiophene rings is 1. The van der Waals surface area contributed by atoms with Gasteiger partial charge in [0.1, 0.15) is 22.5 Å². The summed E-state index contributed by atoms with van der Waals surface area (Å²) in [5.74, 6) is -2.21. The third kappa shape index (κ3) is 6.07. The first-order valence-corrected chi connectivity index (χ1v) is 12.5. The summed E-state index contributed by atoms with van der Waals surface area (Å²) in [6, 6.07) is 9.72. The zero-order valence-corrected chi connectivity index (χ0v) is 22.1. The molecular formula is C28H25NO8S. The largest absolute Gasteiger partial charge is 0.478 e. The zero-order chi connectivity index (χ0) is 28.0. The number of ether oxygens (including phenoxy) is 2. The smallest absolute Gasteiger partial charge is 0.348 e. The summed E-state index contributed by atoms with van der Waals surface area (Å²) in [5.41, 5.74) is 1.76. The number of hydrogen-bond acceptors (Lipinski definition) is 9. The lowest BCUT2D eigenvalue weighted by atomic mass is 10.0. The number of nitrogens with zero attached hydrogens (tertiary/aromatic N) is 1. The minimum Gasteiger partial charge on any atom is -0.478 e. The number of rotatable bonds is 10. The van der Waals surface area contributed by atoms with Gasteiger partial charge in [0.05, 0.1) is 29.9 Å². The molecule has 0 unspecified atom stereocenters. The molecule has 0 saturated heterocycles. The highest BCUT2D eigenvalue weighted by molar-refractivity contribution is 7.14. The van der Waals surface area contributed by atoms with Crippen LogP contribution in [0.15, 0.2) is 40.3 Å². The fourth-order valence-corrected chi connectivity index (χ4v) is 4.95. The summed E-state index contributed by atoms with van der Waals surface area (Å²) in [5, 5.41) is 18.8. The molecule has 0 atom stereocenters. The number of allylic oxidation sites excluding steroid dienone is 1. The topological polar surface area (TPSA) is 144 Å². The molecule has 9 nitrogen and oxygen atoms in total. The van der Waals surface area contributed by atoms with Crippen LogP contribution in [-0.4, -0.2) is 42.0 Å². The Morgan fingerprint density at radius 2 is 1.74 bits per heavy atom. The van der Waals surface area contributed by atoms with E-state index in [0.717, 1.165) is 11.3 Å². The van der Waals surface area contributed by atoms with Gasteiger partial charge in [0.2, 0.25) is 0 Å². The monoisotopic (exact) mass is 535 g/mol. The van der Waals surface area contributed by atoms with E-state index in [1.165, 1.54) is 18.2 Å². The second kappa shape index (κ2) is 12.2. The lowest BCUT2D eigenvalue weighted by Crippen LogP contribution is -2.12. The maximum absolute atomic E-state index is 13.1. The van der Waals surface area contributed by atoms with Crippen LogP contribution in [0.4, 0.5) is 0 Å². The first kappa shape index (κ1) is 28.1. The highest BCUT2D eigenvalue weighted by Crippen LogP contribution is 2.32. The highest BCUT2D eigenvalue weighted by atomic mass is 32.1. The number of carboxylic acid groups (broad SMARTS) is 1. The van der Waals surface area contributed by atoms with Crippen molar-refractivity contribution >= 4 is 41.1 Å². The summed E-state index contributed by atoms with van der Waals surface area (Å²) in [4.78, 5) is 49.7. The fourth-order valence-electron chi connectivity index (χ4n) is 3.77. The molecule has 0 amide bonds. The van der Waals surface area contributed by atoms with Crippen LogP contribution in [0.2, 0.25) is 0 Å². The standard InChI is InChI=1S/C28H25NO8S/c1-5-35-27(33)24-16(4)25(28(34)36-6-2)38-23(24)13-21(30)18(14-29)12-19-8-10-22(37-19)20-9-7-17(26(31)32)11-15(20)3/h7-12H,5-6,13H2,1-4H3,(H,31,32)/b18-12+. The predicted octanol–water partition coefficient (Wildman–Crippen LogP) is 5.40. The number of aromatic carboxylic acids is 1. The number of Topliss-reactive ketones (excluding diaryl/α,β-unsaturated/α-hetero) is 1. The number of carbonyl (C=O) groups is 4. The molecule has 38 heavy (non-hydrogen) atoms. The molecule has 3 rings (SSSR count). The summed E-state index contributed by atoms with van der Waals surface area (Å²) in [6.07, 6.45) is 0.991. The van der Waals surface area contributed by atoms with Crippen molar-refractivity contribution in [1.82, 2.24) is 0 Å². The van der Waals surface area contributed by atoms with Crippen molar-refractivity contribution in [3.8, 4) is 17.4 Å². The van der Waals surface area contributed by atoms with Gasteiger partial charge in [0.25, 0.3) is 0 Å². The van der Waals surface area contributed by atoms with Crippen molar-refractivity contribution in [3.63, 3.8) is 0 Å². The molecule has 0 fully saturated rings. The van der Waals surface area contributed by atoms with Gasteiger partial charge in [-0.3, -0.25) is 4.79 Å². The van der Waals surface area contributed by atoms with Crippen LogP contribution in [0.3, 0.4) is 0 Å². The van der Waals surface area contributed by atoms with Crippen molar-refractivity contribution in [1.29, 1.82) is 5.26 Å². The molecular weight excluding hydrogens is 510 g/mol. The van der Waals surface area contributed by atoms with Gasteiger partial charge in [0, 0.05) is 22.9 Å². The summed E-state index contributed by atoms with van der Waals surface area (Å²) in [7, 11) is 0. The van der Waals surface area contributed by atoms with Crippen LogP contribution < -0.4 is 0 Å². The van der Waals surface area contributed by atoms with Crippen LogP contribution in [0.25, 0.3) is 17.4 Å². The number of furan rings is 1. The molecule has 2 aromatic heterocycles. The van der Waals surface area contributed by atoms with Crippen LogP contribution >= 0.6 is 11.3 Å². The first-order chi connectivity index (χ1) is 18.1. The number of esters is 2. The Morgan fingerprint density at radius 1 is 1.05 bits per heavy atom. The van der Waals surface area contributed by atoms with Crippen LogP contribution in [0.1, 0.15) is 66.0 Å². The molecule has 0 bridgehead atoms. The molecule has 1 N–H and O–H groups in total. The van der Waals surface area contributed by atoms with Crippen LogP contribution in [0.5, 0.6) is 0 Å². The van der Waals surface area contributed by atoms with Gasteiger partial charge in [0.15, 0.2) is 5.78 Å². The lowest BCUT2D eigenvalue weighted by Gasteiger charge is -2.05. The SMILES string of the molecule is CCOC(=O)c1sc(CC(=O)/C(C#N)=C/c2ccc(-c3ccc(C(=O)O)cc3C)o2)c(C(=O)OCC)c1C. The van der Waals surface area contributed by atoms with Gasteiger partial charge in [-0.15, -0.1) is 11.3 Å². The van der Waals surface area contributed by atoms with Gasteiger partial charge >= 0.3 is 17.9 Å². The van der Waals surface area contributed by atoms with E-state index in [1.54, 1.807) is 45.9 Å². The van der Waals surface area contributed by atoms with E-state index in [4.69, 9.17) is 19.0 Å². The summed E-state index contributed by atoms with van der Waals surface area (Å²) >= 11 is 0.959. The Balaban J connectivity index is 1.91. The normalized spacial score (nSPS) is 11.1. The van der Waals surface area contributed by atoms with Crippen LogP contribution in [0, 0.1) is 25.2 Å². The fraction of sp³-hybridized carbons (Fsp3) is 0.250. The Labute approximate surface area is 222 Å². The van der Waals surface area contributed by atoms with E-state index in [2.05, 4.69) is 0 Å². The van der Waals surface area contributed by atoms with E-state index < -0.39 is 23.7 Å². The Bertz CT molecular complexity index is 1480. The van der Waals surface area contributed by atoms with Gasteiger partial charge in [-0.25, -0.2) is 14.4 Å². The summed E-state index contributed by atoms with van der Waals surface area (Å²) in [6.45, 7) is 6.90. The van der Waals surface area contributed by atoms with E-state index in [-0.39, 0.29) is 47.0 Å². The number of ketones is 1. The van der Waals surface area contributed by atoms with E-state index in [9.17, 15) is 24.4 Å². The number of carboxylic acids is 1. The maximum Gasteiger partial charge on any atom is 0.348 e. The molecule has 3 aromatic rings. The molecule has 0 aliphatic heterocycles. The Morgan fingerprint density at radius 3 is 2.34 bits per heavy atom. The average Bonchev–Trinajstić information content (AvgIpc) is 3.46. The van der Waals surface area contributed by atoms with Crippen molar-refractivity contribution in [2.24, 2.45) is 0 Å². The number of carbonyl (C=O) groups excluding carboxylic acids is 3.